The molecular formula is C19H19FN2O6. The van der Waals surface area contributed by atoms with Crippen LogP contribution >= 0.6 is 0 Å². The first kappa shape index (κ1) is 20.8. The molecular weight excluding hydrogens is 371 g/mol. The van der Waals surface area contributed by atoms with Crippen molar-refractivity contribution in [3.63, 3.8) is 0 Å². The molecule has 0 atom stereocenters. The van der Waals surface area contributed by atoms with Crippen molar-refractivity contribution in [2.24, 2.45) is 0 Å². The lowest BCUT2D eigenvalue weighted by atomic mass is 10.2. The smallest absolute Gasteiger partial charge is 0.311 e. The van der Waals surface area contributed by atoms with Crippen molar-refractivity contribution in [3.05, 3.63) is 64.0 Å². The zero-order valence-corrected chi connectivity index (χ0v) is 15.1. The number of hydrogen-bond acceptors (Lipinski definition) is 6. The molecule has 148 valence electrons. The van der Waals surface area contributed by atoms with E-state index in [-0.39, 0.29) is 25.3 Å². The van der Waals surface area contributed by atoms with Gasteiger partial charge in [-0.05, 0) is 31.5 Å². The summed E-state index contributed by atoms with van der Waals surface area (Å²) in [5, 5.41) is 13.6. The number of carbonyl (C=O) groups is 2. The van der Waals surface area contributed by atoms with Gasteiger partial charge in [-0.3, -0.25) is 19.7 Å². The number of para-hydroxylation sites is 1. The average Bonchev–Trinajstić information content (AvgIpc) is 2.65. The van der Waals surface area contributed by atoms with Gasteiger partial charge in [0, 0.05) is 25.1 Å². The van der Waals surface area contributed by atoms with Crippen molar-refractivity contribution < 1.29 is 28.4 Å². The normalized spacial score (nSPS) is 10.2. The lowest BCUT2D eigenvalue weighted by Gasteiger charge is -2.10. The van der Waals surface area contributed by atoms with Crippen molar-refractivity contribution in [2.75, 3.05) is 13.2 Å². The van der Waals surface area contributed by atoms with Crippen molar-refractivity contribution >= 4 is 17.6 Å². The molecule has 8 nitrogen and oxygen atoms in total. The minimum atomic E-state index is -0.766. The van der Waals surface area contributed by atoms with E-state index in [4.69, 9.17) is 9.47 Å². The highest BCUT2D eigenvalue weighted by atomic mass is 19.1. The molecule has 0 aromatic heterocycles. The number of nitrogens with one attached hydrogen (secondary N) is 1. The fourth-order valence-corrected chi connectivity index (χ4v) is 2.36. The molecule has 0 spiro atoms. The highest BCUT2D eigenvalue weighted by molar-refractivity contribution is 5.96. The Labute approximate surface area is 160 Å². The molecule has 28 heavy (non-hydrogen) atoms. The largest absolute Gasteiger partial charge is 0.493 e. The second kappa shape index (κ2) is 10.0. The fraction of sp³-hybridized carbons (Fsp3) is 0.263. The third-order valence-corrected chi connectivity index (χ3v) is 3.62. The van der Waals surface area contributed by atoms with E-state index in [1.807, 2.05) is 6.92 Å². The molecule has 0 fully saturated rings. The van der Waals surface area contributed by atoms with Gasteiger partial charge in [-0.25, -0.2) is 4.39 Å². The molecule has 2 rings (SSSR count). The molecule has 2 aromatic carbocycles. The molecule has 0 aliphatic rings. The number of nitro benzene ring substituents is 1. The summed E-state index contributed by atoms with van der Waals surface area (Å²) in [6.45, 7) is 2.41. The molecule has 0 aliphatic heterocycles. The van der Waals surface area contributed by atoms with Crippen LogP contribution in [0.5, 0.6) is 11.5 Å². The number of carbonyl (C=O) groups excluding carboxylic acids is 2. The Morgan fingerprint density at radius 2 is 1.93 bits per heavy atom. The van der Waals surface area contributed by atoms with Gasteiger partial charge in [-0.2, -0.15) is 0 Å². The van der Waals surface area contributed by atoms with Crippen molar-refractivity contribution in [3.8, 4) is 11.5 Å². The lowest BCUT2D eigenvalue weighted by Crippen LogP contribution is -2.25. The van der Waals surface area contributed by atoms with Crippen LogP contribution in [0.25, 0.3) is 0 Å². The third-order valence-electron chi connectivity index (χ3n) is 3.62. The molecule has 0 aliphatic carbocycles. The summed E-state index contributed by atoms with van der Waals surface area (Å²) in [5.41, 5.74) is -0.127. The molecule has 0 unspecified atom stereocenters. The topological polar surface area (TPSA) is 108 Å². The van der Waals surface area contributed by atoms with E-state index in [0.29, 0.717) is 17.9 Å². The van der Waals surface area contributed by atoms with Crippen LogP contribution < -0.4 is 14.8 Å². The van der Waals surface area contributed by atoms with Gasteiger partial charge in [0.15, 0.2) is 0 Å². The van der Waals surface area contributed by atoms with Gasteiger partial charge in [-0.15, -0.1) is 0 Å². The number of rotatable bonds is 9. The van der Waals surface area contributed by atoms with Crippen LogP contribution in [0.3, 0.4) is 0 Å². The zero-order valence-electron chi connectivity index (χ0n) is 15.1. The number of ether oxygens (including phenoxy) is 2. The molecule has 0 radical (unpaired) electrons. The first-order valence-electron chi connectivity index (χ1n) is 8.57. The second-order valence-corrected chi connectivity index (χ2v) is 5.63. The van der Waals surface area contributed by atoms with Gasteiger partial charge < -0.3 is 14.8 Å². The number of amides is 1. The molecule has 0 saturated carbocycles. The summed E-state index contributed by atoms with van der Waals surface area (Å²) in [4.78, 5) is 34.2. The zero-order chi connectivity index (χ0) is 20.5. The van der Waals surface area contributed by atoms with E-state index in [1.54, 1.807) is 24.3 Å². The van der Waals surface area contributed by atoms with E-state index in [2.05, 4.69) is 5.32 Å². The highest BCUT2D eigenvalue weighted by Gasteiger charge is 2.19. The van der Waals surface area contributed by atoms with Crippen molar-refractivity contribution in [2.45, 2.75) is 19.8 Å². The number of hydrogen-bond donors (Lipinski definition) is 1. The molecule has 0 bridgehead atoms. The van der Waals surface area contributed by atoms with Gasteiger partial charge >= 0.3 is 11.7 Å². The highest BCUT2D eigenvalue weighted by Crippen LogP contribution is 2.27. The number of benzene rings is 2. The van der Waals surface area contributed by atoms with Gasteiger partial charge in [0.05, 0.1) is 17.1 Å². The third kappa shape index (κ3) is 5.76. The number of nitro groups is 1. The fourth-order valence-electron chi connectivity index (χ4n) is 2.36. The maximum atomic E-state index is 13.2. The standard InChI is InChI=1S/C19H19FN2O6/c1-2-27-16-7-4-3-6-14(16)19(24)21-11-5-8-18(23)28-17-12-13(20)9-10-15(17)22(25)26/h3-4,6-7,9-10,12H,2,5,8,11H2,1H3,(H,21,24). The molecule has 1 amide bonds. The summed E-state index contributed by atoms with van der Waals surface area (Å²) in [6, 6.07) is 9.38. The van der Waals surface area contributed by atoms with Crippen molar-refractivity contribution in [1.82, 2.24) is 5.32 Å². The molecule has 0 heterocycles. The Kier molecular flexibility index (Phi) is 7.44. The second-order valence-electron chi connectivity index (χ2n) is 5.63. The Balaban J connectivity index is 1.84. The van der Waals surface area contributed by atoms with Crippen LogP contribution in [0.4, 0.5) is 10.1 Å². The van der Waals surface area contributed by atoms with Gasteiger partial charge in [-0.1, -0.05) is 12.1 Å². The van der Waals surface area contributed by atoms with E-state index in [0.717, 1.165) is 18.2 Å². The molecule has 2 aromatic rings. The predicted molar refractivity (Wildman–Crippen MR) is 97.9 cm³/mol. The van der Waals surface area contributed by atoms with E-state index in [1.165, 1.54) is 0 Å². The minimum absolute atomic E-state index is 0.110. The summed E-state index contributed by atoms with van der Waals surface area (Å²) in [7, 11) is 0. The lowest BCUT2D eigenvalue weighted by molar-refractivity contribution is -0.385. The van der Waals surface area contributed by atoms with E-state index in [9.17, 15) is 24.1 Å². The predicted octanol–water partition coefficient (Wildman–Crippen LogP) is 3.25. The Morgan fingerprint density at radius 3 is 2.64 bits per heavy atom. The van der Waals surface area contributed by atoms with Crippen LogP contribution in [0.1, 0.15) is 30.1 Å². The summed E-state index contributed by atoms with van der Waals surface area (Å²) in [5.74, 6) is -1.87. The van der Waals surface area contributed by atoms with Crippen molar-refractivity contribution in [1.29, 1.82) is 0 Å². The number of esters is 1. The van der Waals surface area contributed by atoms with E-state index >= 15 is 0 Å². The van der Waals surface area contributed by atoms with Crippen LogP contribution in [0, 0.1) is 15.9 Å². The average molecular weight is 390 g/mol. The summed E-state index contributed by atoms with van der Waals surface area (Å²) >= 11 is 0. The Morgan fingerprint density at radius 1 is 1.18 bits per heavy atom. The Bertz CT molecular complexity index is 871. The van der Waals surface area contributed by atoms with Crippen LogP contribution in [0.2, 0.25) is 0 Å². The maximum Gasteiger partial charge on any atom is 0.311 e. The Hall–Kier alpha value is -3.49. The number of halogens is 1. The monoisotopic (exact) mass is 390 g/mol. The number of nitrogens with zero attached hydrogens (tertiary/aromatic N) is 1. The quantitative estimate of drug-likeness (QED) is 0.232. The van der Waals surface area contributed by atoms with Crippen LogP contribution in [-0.2, 0) is 4.79 Å². The SMILES string of the molecule is CCOc1ccccc1C(=O)NCCCC(=O)Oc1cc(F)ccc1[N+](=O)[O-]. The van der Waals surface area contributed by atoms with E-state index < -0.39 is 28.1 Å². The maximum absolute atomic E-state index is 13.2. The van der Waals surface area contributed by atoms with Gasteiger partial charge in [0.1, 0.15) is 11.6 Å². The summed E-state index contributed by atoms with van der Waals surface area (Å²) < 4.78 is 23.5. The van der Waals surface area contributed by atoms with Crippen LogP contribution in [-0.4, -0.2) is 30.0 Å². The molecule has 0 saturated heterocycles. The molecule has 9 heteroatoms. The minimum Gasteiger partial charge on any atom is -0.493 e. The first-order valence-corrected chi connectivity index (χ1v) is 8.57. The van der Waals surface area contributed by atoms with Gasteiger partial charge in [0.2, 0.25) is 5.75 Å². The van der Waals surface area contributed by atoms with Crippen LogP contribution in [0.15, 0.2) is 42.5 Å². The van der Waals surface area contributed by atoms with Gasteiger partial charge in [0.25, 0.3) is 5.91 Å². The molecule has 1 N–H and O–H groups in total. The first-order chi connectivity index (χ1) is 13.4. The summed E-state index contributed by atoms with van der Waals surface area (Å²) in [6.07, 6.45) is 0.130.